The van der Waals surface area contributed by atoms with Crippen molar-refractivity contribution in [2.45, 2.75) is 20.4 Å². The molecule has 2 aromatic rings. The molecule has 1 fully saturated rings. The number of nitrogens with one attached hydrogen (secondary N) is 1. The Balaban J connectivity index is 1.66. The zero-order valence-electron chi connectivity index (χ0n) is 14.1. The van der Waals surface area contributed by atoms with Crippen molar-refractivity contribution in [3.05, 3.63) is 53.0 Å². The minimum absolute atomic E-state index is 0.100. The normalized spacial score (nSPS) is 14.5. The van der Waals surface area contributed by atoms with Gasteiger partial charge in [0.25, 0.3) is 5.91 Å². The van der Waals surface area contributed by atoms with E-state index in [2.05, 4.69) is 20.2 Å². The molecule has 1 aromatic carbocycles. The number of hydrogen-bond acceptors (Lipinski definition) is 5. The van der Waals surface area contributed by atoms with Crippen LogP contribution in [0.3, 0.4) is 0 Å². The van der Waals surface area contributed by atoms with Crippen LogP contribution in [0.2, 0.25) is 0 Å². The fourth-order valence-electron chi connectivity index (χ4n) is 2.68. The van der Waals surface area contributed by atoms with E-state index in [0.717, 1.165) is 30.0 Å². The van der Waals surface area contributed by atoms with E-state index in [1.54, 1.807) is 6.20 Å². The molecule has 0 unspecified atom stereocenters. The first kappa shape index (κ1) is 16.4. The van der Waals surface area contributed by atoms with Gasteiger partial charge in [-0.15, -0.1) is 0 Å². The summed E-state index contributed by atoms with van der Waals surface area (Å²) in [6, 6.07) is 7.75. The van der Waals surface area contributed by atoms with E-state index >= 15 is 0 Å². The first-order valence-electron chi connectivity index (χ1n) is 8.13. The van der Waals surface area contributed by atoms with Gasteiger partial charge < -0.3 is 15.0 Å². The lowest BCUT2D eigenvalue weighted by atomic mass is 10.1. The molecule has 1 saturated heterocycles. The molecule has 0 radical (unpaired) electrons. The number of aromatic nitrogens is 2. The smallest absolute Gasteiger partial charge is 0.251 e. The van der Waals surface area contributed by atoms with Crippen LogP contribution >= 0.6 is 0 Å². The number of ether oxygens (including phenoxy) is 1. The molecule has 2 heterocycles. The number of nitrogens with zero attached hydrogens (tertiary/aromatic N) is 3. The van der Waals surface area contributed by atoms with Crippen molar-refractivity contribution in [3.63, 3.8) is 0 Å². The number of hydrogen-bond donors (Lipinski definition) is 1. The lowest BCUT2D eigenvalue weighted by Crippen LogP contribution is -2.37. The molecule has 0 atom stereocenters. The van der Waals surface area contributed by atoms with Crippen LogP contribution in [0.15, 0.2) is 30.5 Å². The quantitative estimate of drug-likeness (QED) is 0.929. The van der Waals surface area contributed by atoms with E-state index in [1.807, 2.05) is 38.1 Å². The number of anilines is 1. The van der Waals surface area contributed by atoms with Crippen molar-refractivity contribution in [2.75, 3.05) is 31.2 Å². The zero-order valence-corrected chi connectivity index (χ0v) is 14.1. The van der Waals surface area contributed by atoms with Gasteiger partial charge in [0.15, 0.2) is 0 Å². The number of amides is 1. The third-order valence-corrected chi connectivity index (χ3v) is 4.07. The molecule has 6 heteroatoms. The average molecular weight is 326 g/mol. The van der Waals surface area contributed by atoms with Crippen LogP contribution < -0.4 is 10.2 Å². The Bertz CT molecular complexity index is 727. The van der Waals surface area contributed by atoms with Gasteiger partial charge in [-0.05, 0) is 31.5 Å². The summed E-state index contributed by atoms with van der Waals surface area (Å²) in [6.07, 6.45) is 1.73. The Labute approximate surface area is 141 Å². The Morgan fingerprint density at radius 1 is 1.25 bits per heavy atom. The summed E-state index contributed by atoms with van der Waals surface area (Å²) in [4.78, 5) is 23.4. The van der Waals surface area contributed by atoms with E-state index in [-0.39, 0.29) is 5.91 Å². The van der Waals surface area contributed by atoms with Crippen LogP contribution in [-0.2, 0) is 11.3 Å². The first-order chi connectivity index (χ1) is 11.6. The van der Waals surface area contributed by atoms with Crippen molar-refractivity contribution < 1.29 is 9.53 Å². The minimum atomic E-state index is -0.100. The molecule has 24 heavy (non-hydrogen) atoms. The Hall–Kier alpha value is -2.47. The fourth-order valence-corrected chi connectivity index (χ4v) is 2.68. The standard InChI is InChI=1S/C18H22N4O2/c1-13-3-4-14(2)15(11-13)18(23)20-12-16-19-6-5-17(21-16)22-7-9-24-10-8-22/h3-6,11H,7-10,12H2,1-2H3,(H,20,23). The fraction of sp³-hybridized carbons (Fsp3) is 0.389. The topological polar surface area (TPSA) is 67.4 Å². The van der Waals surface area contributed by atoms with E-state index in [4.69, 9.17) is 4.74 Å². The average Bonchev–Trinajstić information content (AvgIpc) is 2.63. The van der Waals surface area contributed by atoms with Crippen LogP contribution in [-0.4, -0.2) is 42.2 Å². The number of benzene rings is 1. The van der Waals surface area contributed by atoms with Crippen LogP contribution in [0.25, 0.3) is 0 Å². The van der Waals surface area contributed by atoms with E-state index in [9.17, 15) is 4.79 Å². The van der Waals surface area contributed by atoms with Gasteiger partial charge in [-0.3, -0.25) is 4.79 Å². The van der Waals surface area contributed by atoms with Gasteiger partial charge in [0, 0.05) is 24.8 Å². The predicted molar refractivity (Wildman–Crippen MR) is 92.2 cm³/mol. The second-order valence-corrected chi connectivity index (χ2v) is 5.93. The van der Waals surface area contributed by atoms with Crippen LogP contribution in [0.4, 0.5) is 5.82 Å². The van der Waals surface area contributed by atoms with Crippen molar-refractivity contribution >= 4 is 11.7 Å². The lowest BCUT2D eigenvalue weighted by Gasteiger charge is -2.27. The number of carbonyl (C=O) groups is 1. The molecule has 1 aliphatic rings. The van der Waals surface area contributed by atoms with E-state index in [1.165, 1.54) is 0 Å². The molecule has 0 aliphatic carbocycles. The highest BCUT2D eigenvalue weighted by molar-refractivity contribution is 5.95. The molecule has 1 amide bonds. The summed E-state index contributed by atoms with van der Waals surface area (Å²) in [5.74, 6) is 1.39. The second-order valence-electron chi connectivity index (χ2n) is 5.93. The lowest BCUT2D eigenvalue weighted by molar-refractivity contribution is 0.0949. The van der Waals surface area contributed by atoms with Crippen molar-refractivity contribution in [3.8, 4) is 0 Å². The largest absolute Gasteiger partial charge is 0.378 e. The molecule has 0 saturated carbocycles. The summed E-state index contributed by atoms with van der Waals surface area (Å²) in [6.45, 7) is 7.29. The highest BCUT2D eigenvalue weighted by Gasteiger charge is 2.14. The molecule has 1 N–H and O–H groups in total. The van der Waals surface area contributed by atoms with Gasteiger partial charge in [0.2, 0.25) is 0 Å². The van der Waals surface area contributed by atoms with Gasteiger partial charge in [0.1, 0.15) is 11.6 Å². The molecular weight excluding hydrogens is 304 g/mol. The van der Waals surface area contributed by atoms with Crippen LogP contribution in [0.1, 0.15) is 27.3 Å². The Morgan fingerprint density at radius 3 is 2.83 bits per heavy atom. The molecule has 3 rings (SSSR count). The Morgan fingerprint density at radius 2 is 2.04 bits per heavy atom. The van der Waals surface area contributed by atoms with Crippen molar-refractivity contribution in [1.29, 1.82) is 0 Å². The summed E-state index contributed by atoms with van der Waals surface area (Å²) in [5, 5.41) is 2.91. The third kappa shape index (κ3) is 3.89. The number of carbonyl (C=O) groups excluding carboxylic acids is 1. The maximum Gasteiger partial charge on any atom is 0.251 e. The van der Waals surface area contributed by atoms with Gasteiger partial charge in [-0.2, -0.15) is 0 Å². The van der Waals surface area contributed by atoms with E-state index in [0.29, 0.717) is 31.1 Å². The molecule has 6 nitrogen and oxygen atoms in total. The molecule has 0 bridgehead atoms. The highest BCUT2D eigenvalue weighted by atomic mass is 16.5. The molecule has 1 aliphatic heterocycles. The Kier molecular flexibility index (Phi) is 5.05. The maximum absolute atomic E-state index is 12.4. The molecular formula is C18H22N4O2. The number of morpholine rings is 1. The second kappa shape index (κ2) is 7.40. The van der Waals surface area contributed by atoms with Gasteiger partial charge in [0.05, 0.1) is 19.8 Å². The number of aryl methyl sites for hydroxylation is 2. The molecule has 1 aromatic heterocycles. The SMILES string of the molecule is Cc1ccc(C)c(C(=O)NCc2nccc(N3CCOCC3)n2)c1. The minimum Gasteiger partial charge on any atom is -0.378 e. The van der Waals surface area contributed by atoms with E-state index < -0.39 is 0 Å². The number of rotatable bonds is 4. The monoisotopic (exact) mass is 326 g/mol. The molecule has 0 spiro atoms. The highest BCUT2D eigenvalue weighted by Crippen LogP contribution is 2.13. The summed E-state index contributed by atoms with van der Waals surface area (Å²) < 4.78 is 5.36. The summed E-state index contributed by atoms with van der Waals surface area (Å²) in [7, 11) is 0. The third-order valence-electron chi connectivity index (χ3n) is 4.07. The van der Waals surface area contributed by atoms with Gasteiger partial charge >= 0.3 is 0 Å². The van der Waals surface area contributed by atoms with Crippen molar-refractivity contribution in [2.24, 2.45) is 0 Å². The molecule has 126 valence electrons. The predicted octanol–water partition coefficient (Wildman–Crippen LogP) is 1.86. The summed E-state index contributed by atoms with van der Waals surface area (Å²) >= 11 is 0. The first-order valence-corrected chi connectivity index (χ1v) is 8.13. The van der Waals surface area contributed by atoms with Crippen LogP contribution in [0, 0.1) is 13.8 Å². The van der Waals surface area contributed by atoms with Gasteiger partial charge in [-0.25, -0.2) is 9.97 Å². The van der Waals surface area contributed by atoms with Crippen molar-refractivity contribution in [1.82, 2.24) is 15.3 Å². The van der Waals surface area contributed by atoms with Gasteiger partial charge in [-0.1, -0.05) is 17.7 Å². The van der Waals surface area contributed by atoms with Crippen LogP contribution in [0.5, 0.6) is 0 Å². The summed E-state index contributed by atoms with van der Waals surface area (Å²) in [5.41, 5.74) is 2.72. The maximum atomic E-state index is 12.4. The zero-order chi connectivity index (χ0) is 16.9.